The molecule has 1 heterocycles. The maximum Gasteiger partial charge on any atom is 0.119 e. The second-order valence-corrected chi connectivity index (χ2v) is 6.05. The van der Waals surface area contributed by atoms with Gasteiger partial charge in [0.05, 0.1) is 18.8 Å². The number of rotatable bonds is 4. The lowest BCUT2D eigenvalue weighted by Gasteiger charge is -2.11. The number of aromatic nitrogens is 1. The van der Waals surface area contributed by atoms with Crippen LogP contribution in [0.5, 0.6) is 5.75 Å². The quantitative estimate of drug-likeness (QED) is 0.583. The summed E-state index contributed by atoms with van der Waals surface area (Å²) < 4.78 is 7.32. The number of nitriles is 1. The van der Waals surface area contributed by atoms with E-state index in [-0.39, 0.29) is 0 Å². The summed E-state index contributed by atoms with van der Waals surface area (Å²) in [5.74, 6) is 0.808. The Morgan fingerprint density at radius 3 is 2.52 bits per heavy atom. The molecule has 0 amide bonds. The van der Waals surface area contributed by atoms with Crippen LogP contribution in [0.3, 0.4) is 0 Å². The number of ether oxygens (including phenoxy) is 1. The van der Waals surface area contributed by atoms with Crippen LogP contribution in [0.15, 0.2) is 60.7 Å². The minimum absolute atomic E-state index is 0.565. The van der Waals surface area contributed by atoms with Gasteiger partial charge in [0, 0.05) is 22.1 Å². The molecule has 0 radical (unpaired) electrons. The summed E-state index contributed by atoms with van der Waals surface area (Å²) in [6.45, 7) is 2.03. The zero-order valence-corrected chi connectivity index (χ0v) is 14.8. The van der Waals surface area contributed by atoms with Crippen molar-refractivity contribution in [2.75, 3.05) is 7.11 Å². The lowest BCUT2D eigenvalue weighted by molar-refractivity contribution is 0.414. The van der Waals surface area contributed by atoms with Gasteiger partial charge < -0.3 is 9.30 Å². The molecule has 0 N–H and O–H groups in total. The summed E-state index contributed by atoms with van der Waals surface area (Å²) in [5, 5.41) is 10.2. The third-order valence-corrected chi connectivity index (χ3v) is 4.22. The van der Waals surface area contributed by atoms with Crippen molar-refractivity contribution in [3.05, 3.63) is 82.6 Å². The number of hydrogen-bond acceptors (Lipinski definition) is 2. The summed E-state index contributed by atoms with van der Waals surface area (Å²) in [5.41, 5.74) is 4.39. The highest BCUT2D eigenvalue weighted by atomic mass is 35.5. The topological polar surface area (TPSA) is 38.0 Å². The second-order valence-electron chi connectivity index (χ2n) is 5.61. The Labute approximate surface area is 152 Å². The molecule has 3 nitrogen and oxygen atoms in total. The molecule has 0 saturated heterocycles. The summed E-state index contributed by atoms with van der Waals surface area (Å²) >= 11 is 6.06. The Kier molecular flexibility index (Phi) is 4.92. The number of methoxy groups -OCH3 is 1. The lowest BCUT2D eigenvalue weighted by Crippen LogP contribution is -1.99. The van der Waals surface area contributed by atoms with E-state index in [9.17, 15) is 5.26 Å². The largest absolute Gasteiger partial charge is 0.497 e. The molecular weight excluding hydrogens is 332 g/mol. The molecule has 124 valence electrons. The number of hydrogen-bond donors (Lipinski definition) is 0. The van der Waals surface area contributed by atoms with Gasteiger partial charge >= 0.3 is 0 Å². The molecule has 2 aromatic carbocycles. The van der Waals surface area contributed by atoms with Crippen molar-refractivity contribution in [2.24, 2.45) is 0 Å². The molecule has 0 spiro atoms. The van der Waals surface area contributed by atoms with Crippen molar-refractivity contribution in [1.29, 1.82) is 5.26 Å². The standard InChI is InChI=1S/C21H17ClN2O/c1-15-6-7-20(24(15)19-8-10-21(25-2)11-9-19)13-17(14-23)16-4-3-5-18(22)12-16/h3-13H,1-2H3/b17-13-. The highest BCUT2D eigenvalue weighted by molar-refractivity contribution is 6.30. The molecule has 0 aliphatic rings. The molecule has 25 heavy (non-hydrogen) atoms. The second kappa shape index (κ2) is 7.29. The van der Waals surface area contributed by atoms with E-state index in [2.05, 4.69) is 10.6 Å². The fraction of sp³-hybridized carbons (Fsp3) is 0.0952. The Morgan fingerprint density at radius 1 is 1.12 bits per heavy atom. The lowest BCUT2D eigenvalue weighted by atomic mass is 10.1. The van der Waals surface area contributed by atoms with Gasteiger partial charge in [-0.15, -0.1) is 0 Å². The first kappa shape index (κ1) is 16.9. The Bertz CT molecular complexity index is 962. The van der Waals surface area contributed by atoms with Crippen LogP contribution >= 0.6 is 11.6 Å². The van der Waals surface area contributed by atoms with E-state index in [1.165, 1.54) is 0 Å². The van der Waals surface area contributed by atoms with Crippen LogP contribution in [0.4, 0.5) is 0 Å². The summed E-state index contributed by atoms with van der Waals surface area (Å²) in [6.07, 6.45) is 1.88. The molecule has 3 rings (SSSR count). The molecule has 0 unspecified atom stereocenters. The van der Waals surface area contributed by atoms with Gasteiger partial charge in [-0.2, -0.15) is 5.26 Å². The fourth-order valence-corrected chi connectivity index (χ4v) is 2.93. The van der Waals surface area contributed by atoms with Crippen LogP contribution in [0.1, 0.15) is 17.0 Å². The van der Waals surface area contributed by atoms with Crippen molar-refractivity contribution in [2.45, 2.75) is 6.92 Å². The van der Waals surface area contributed by atoms with E-state index in [0.717, 1.165) is 28.4 Å². The number of benzene rings is 2. The normalized spacial score (nSPS) is 11.2. The van der Waals surface area contributed by atoms with E-state index in [4.69, 9.17) is 16.3 Å². The van der Waals surface area contributed by atoms with Gasteiger partial charge in [0.1, 0.15) is 5.75 Å². The van der Waals surface area contributed by atoms with Crippen molar-refractivity contribution in [3.8, 4) is 17.5 Å². The molecule has 0 aliphatic carbocycles. The molecule has 1 aromatic heterocycles. The van der Waals surface area contributed by atoms with Gasteiger partial charge in [0.2, 0.25) is 0 Å². The maximum atomic E-state index is 9.58. The van der Waals surface area contributed by atoms with E-state index < -0.39 is 0 Å². The molecule has 0 bridgehead atoms. The SMILES string of the molecule is COc1ccc(-n2c(C)ccc2/C=C(/C#N)c2cccc(Cl)c2)cc1. The fourth-order valence-electron chi connectivity index (χ4n) is 2.74. The third kappa shape index (κ3) is 3.60. The first-order valence-electron chi connectivity index (χ1n) is 7.83. The first-order valence-corrected chi connectivity index (χ1v) is 8.20. The first-order chi connectivity index (χ1) is 12.1. The maximum absolute atomic E-state index is 9.58. The number of halogens is 1. The van der Waals surface area contributed by atoms with Crippen molar-refractivity contribution >= 4 is 23.3 Å². The Hall–Kier alpha value is -2.96. The van der Waals surface area contributed by atoms with Crippen molar-refractivity contribution in [1.82, 2.24) is 4.57 Å². The van der Waals surface area contributed by atoms with Crippen molar-refractivity contribution in [3.63, 3.8) is 0 Å². The predicted molar refractivity (Wildman–Crippen MR) is 102 cm³/mol. The van der Waals surface area contributed by atoms with Gasteiger partial charge in [-0.1, -0.05) is 23.7 Å². The van der Waals surface area contributed by atoms with E-state index in [1.54, 1.807) is 19.2 Å². The molecule has 0 aliphatic heterocycles. The van der Waals surface area contributed by atoms with Crippen LogP contribution < -0.4 is 4.74 Å². The Balaban J connectivity index is 2.07. The summed E-state index contributed by atoms with van der Waals surface area (Å²) in [7, 11) is 1.65. The molecular formula is C21H17ClN2O. The average Bonchev–Trinajstić information content (AvgIpc) is 3.00. The Morgan fingerprint density at radius 2 is 1.88 bits per heavy atom. The van der Waals surface area contributed by atoms with Crippen LogP contribution in [0.2, 0.25) is 5.02 Å². The zero-order chi connectivity index (χ0) is 17.8. The van der Waals surface area contributed by atoms with Gasteiger partial charge in [0.25, 0.3) is 0 Å². The average molecular weight is 349 g/mol. The van der Waals surface area contributed by atoms with Crippen LogP contribution in [0.25, 0.3) is 17.3 Å². The van der Waals surface area contributed by atoms with Gasteiger partial charge in [-0.25, -0.2) is 0 Å². The van der Waals surface area contributed by atoms with E-state index in [0.29, 0.717) is 10.6 Å². The van der Waals surface area contributed by atoms with Crippen molar-refractivity contribution < 1.29 is 4.74 Å². The smallest absolute Gasteiger partial charge is 0.119 e. The molecule has 3 aromatic rings. The summed E-state index contributed by atoms with van der Waals surface area (Å²) in [6, 6.07) is 21.5. The zero-order valence-electron chi connectivity index (χ0n) is 14.0. The number of aryl methyl sites for hydroxylation is 1. The van der Waals surface area contributed by atoms with Gasteiger partial charge in [-0.3, -0.25) is 0 Å². The van der Waals surface area contributed by atoms with Crippen LogP contribution in [-0.4, -0.2) is 11.7 Å². The van der Waals surface area contributed by atoms with Crippen LogP contribution in [-0.2, 0) is 0 Å². The molecule has 4 heteroatoms. The third-order valence-electron chi connectivity index (χ3n) is 3.99. The van der Waals surface area contributed by atoms with E-state index >= 15 is 0 Å². The van der Waals surface area contributed by atoms with Gasteiger partial charge in [0.15, 0.2) is 0 Å². The highest BCUT2D eigenvalue weighted by Crippen LogP contribution is 2.25. The predicted octanol–water partition coefficient (Wildman–Crippen LogP) is 5.51. The highest BCUT2D eigenvalue weighted by Gasteiger charge is 2.09. The molecule has 0 saturated carbocycles. The monoisotopic (exact) mass is 348 g/mol. The van der Waals surface area contributed by atoms with Crippen LogP contribution in [0, 0.1) is 18.3 Å². The number of nitrogens with zero attached hydrogens (tertiary/aromatic N) is 2. The van der Waals surface area contributed by atoms with Gasteiger partial charge in [-0.05, 0) is 67.1 Å². The molecule has 0 atom stereocenters. The molecule has 0 fully saturated rings. The number of allylic oxidation sites excluding steroid dienone is 1. The minimum atomic E-state index is 0.565. The summed E-state index contributed by atoms with van der Waals surface area (Å²) in [4.78, 5) is 0. The minimum Gasteiger partial charge on any atom is -0.497 e. The van der Waals surface area contributed by atoms with E-state index in [1.807, 2.05) is 61.5 Å².